The Balaban J connectivity index is 1.67. The highest BCUT2D eigenvalue weighted by molar-refractivity contribution is 5.88. The van der Waals surface area contributed by atoms with Crippen LogP contribution in [-0.2, 0) is 11.2 Å². The van der Waals surface area contributed by atoms with Gasteiger partial charge in [0.15, 0.2) is 0 Å². The Kier molecular flexibility index (Phi) is 4.04. The van der Waals surface area contributed by atoms with E-state index in [1.165, 1.54) is 0 Å². The number of nitrogens with zero attached hydrogens (tertiary/aromatic N) is 2. The lowest BCUT2D eigenvalue weighted by Gasteiger charge is -2.46. The maximum atomic E-state index is 13.1. The first kappa shape index (κ1) is 14.0. The molecule has 0 radical (unpaired) electrons. The second-order valence-corrected chi connectivity index (χ2v) is 8.23. The number of hydrogen-bond donors (Lipinski definition) is 2. The number of piperidine rings is 1. The zero-order valence-corrected chi connectivity index (χ0v) is 16.6. The number of nitrogens with one attached hydrogen (secondary N) is 2. The van der Waals surface area contributed by atoms with Crippen LogP contribution in [0.3, 0.4) is 0 Å². The number of rotatable bonds is 7. The molecule has 0 saturated carbocycles. The number of aromatic amines is 1. The first-order valence-corrected chi connectivity index (χ1v) is 10.0. The summed E-state index contributed by atoms with van der Waals surface area (Å²) in [5.41, 5.74) is 3.23. The van der Waals surface area contributed by atoms with Crippen LogP contribution >= 0.6 is 0 Å². The minimum atomic E-state index is -2.31. The lowest BCUT2D eigenvalue weighted by atomic mass is 9.72. The molecule has 1 aliphatic carbocycles. The zero-order chi connectivity index (χ0) is 23.9. The lowest BCUT2D eigenvalue weighted by Crippen LogP contribution is -2.53. The van der Waals surface area contributed by atoms with Crippen molar-refractivity contribution < 1.29 is 11.6 Å². The van der Waals surface area contributed by atoms with Crippen LogP contribution in [0.5, 0.6) is 0 Å². The van der Waals surface area contributed by atoms with E-state index in [9.17, 15) is 4.79 Å². The van der Waals surface area contributed by atoms with Gasteiger partial charge in [0.2, 0.25) is 5.91 Å². The molecule has 0 bridgehead atoms. The number of amides is 1. The third-order valence-corrected chi connectivity index (χ3v) is 6.12. The van der Waals surface area contributed by atoms with Crippen molar-refractivity contribution in [2.45, 2.75) is 31.2 Å². The molecule has 1 aliphatic heterocycles. The zero-order valence-electron chi connectivity index (χ0n) is 21.6. The highest BCUT2D eigenvalue weighted by Gasteiger charge is 2.42. The third kappa shape index (κ3) is 3.61. The van der Waals surface area contributed by atoms with E-state index in [0.717, 1.165) is 35.0 Å². The molecule has 1 fully saturated rings. The van der Waals surface area contributed by atoms with Crippen LogP contribution in [0, 0.1) is 5.92 Å². The number of carbonyl (C=O) groups is 1. The second-order valence-electron chi connectivity index (χ2n) is 8.23. The van der Waals surface area contributed by atoms with Gasteiger partial charge in [-0.25, -0.2) is 0 Å². The largest absolute Gasteiger partial charge is 0.361 e. The average Bonchev–Trinajstić information content (AvgIpc) is 3.19. The maximum Gasteiger partial charge on any atom is 0.224 e. The van der Waals surface area contributed by atoms with Crippen LogP contribution in [0.15, 0.2) is 37.0 Å². The molecule has 0 unspecified atom stereocenters. The molecule has 2 heterocycles. The Hall–Kier alpha value is -2.11. The molecule has 1 amide bonds. The van der Waals surface area contributed by atoms with E-state index in [4.69, 9.17) is 6.85 Å². The molecule has 2 N–H and O–H groups in total. The van der Waals surface area contributed by atoms with Crippen LogP contribution in [0.25, 0.3) is 10.9 Å². The molecule has 1 aromatic carbocycles. The van der Waals surface area contributed by atoms with Crippen LogP contribution in [-0.4, -0.2) is 67.0 Å². The number of carbonyl (C=O) groups excluding carboxylic acids is 1. The van der Waals surface area contributed by atoms with Gasteiger partial charge in [-0.3, -0.25) is 9.69 Å². The summed E-state index contributed by atoms with van der Waals surface area (Å²) in [4.78, 5) is 20.0. The number of aromatic nitrogens is 1. The minimum absolute atomic E-state index is 0.0777. The number of fused-ring (bicyclic) bond motifs is 2. The van der Waals surface area contributed by atoms with Gasteiger partial charge in [-0.1, -0.05) is 18.2 Å². The van der Waals surface area contributed by atoms with E-state index in [1.807, 2.05) is 32.4 Å². The van der Waals surface area contributed by atoms with E-state index in [1.54, 1.807) is 4.90 Å². The van der Waals surface area contributed by atoms with Gasteiger partial charge >= 0.3 is 0 Å². The fourth-order valence-electron chi connectivity index (χ4n) is 4.84. The smallest absolute Gasteiger partial charge is 0.224 e. The van der Waals surface area contributed by atoms with Crippen molar-refractivity contribution in [2.24, 2.45) is 5.92 Å². The summed E-state index contributed by atoms with van der Waals surface area (Å²) < 4.78 is 40.6. The molecule has 2 aromatic rings. The summed E-state index contributed by atoms with van der Waals surface area (Å²) in [7, 11) is 3.97. The number of hydrogen-bond acceptors (Lipinski definition) is 3. The van der Waals surface area contributed by atoms with Crippen LogP contribution < -0.4 is 5.32 Å². The van der Waals surface area contributed by atoms with Gasteiger partial charge in [-0.05, 0) is 57.1 Å². The number of benzene rings is 1. The molecule has 4 rings (SSSR count). The van der Waals surface area contributed by atoms with Crippen molar-refractivity contribution in [3.05, 3.63) is 48.1 Å². The highest BCUT2D eigenvalue weighted by Crippen LogP contribution is 2.44. The van der Waals surface area contributed by atoms with Crippen molar-refractivity contribution in [1.29, 1.82) is 0 Å². The SMILES string of the molecule is [2H]C([2H])=C([2H])C([2H])([2H])N1C[C@H](C(=O)NCCCN(C)C)C[C@@H]2c3cccc4[nH]cc(c34)C[C@H]21. The topological polar surface area (TPSA) is 51.4 Å². The van der Waals surface area contributed by atoms with E-state index < -0.39 is 25.0 Å². The number of H-pyrrole nitrogens is 1. The molecule has 28 heavy (non-hydrogen) atoms. The second kappa shape index (κ2) is 8.10. The summed E-state index contributed by atoms with van der Waals surface area (Å²) in [5.74, 6) is -0.622. The molecule has 2 aliphatic rings. The lowest BCUT2D eigenvalue weighted by molar-refractivity contribution is -0.127. The third-order valence-electron chi connectivity index (χ3n) is 6.12. The van der Waals surface area contributed by atoms with Gasteiger partial charge in [0, 0.05) is 51.4 Å². The fourth-order valence-corrected chi connectivity index (χ4v) is 4.84. The molecule has 5 heteroatoms. The minimum Gasteiger partial charge on any atom is -0.361 e. The summed E-state index contributed by atoms with van der Waals surface area (Å²) in [6.45, 7) is -1.58. The van der Waals surface area contributed by atoms with E-state index in [0.29, 0.717) is 19.4 Å². The Labute approximate surface area is 174 Å². The van der Waals surface area contributed by atoms with Crippen LogP contribution in [0.4, 0.5) is 0 Å². The van der Waals surface area contributed by atoms with Crippen molar-refractivity contribution >= 4 is 16.8 Å². The molecule has 1 saturated heterocycles. The molecule has 5 nitrogen and oxygen atoms in total. The standard InChI is InChI=1S/C23H32N4O/c1-4-10-27-15-17(23(28)24-9-6-11-26(2)3)12-19-18-7-5-8-20-22(18)16(14-25-20)13-21(19)27/h4-5,7-8,14,17,19,21,25H,1,6,9-13,15H2,2-3H3,(H,24,28)/t17-,19-,21-/m1/s1/i1D2,4D,10D2. The molecule has 0 spiro atoms. The normalized spacial score (nSPS) is 27.2. The Bertz CT molecular complexity index is 1060. The van der Waals surface area contributed by atoms with Crippen LogP contribution in [0.2, 0.25) is 0 Å². The van der Waals surface area contributed by atoms with Gasteiger partial charge in [0.1, 0.15) is 0 Å². The number of likely N-dealkylation sites (tertiary alicyclic amines) is 1. The predicted molar refractivity (Wildman–Crippen MR) is 115 cm³/mol. The highest BCUT2D eigenvalue weighted by atomic mass is 16.1. The maximum absolute atomic E-state index is 13.1. The Morgan fingerprint density at radius 1 is 1.57 bits per heavy atom. The van der Waals surface area contributed by atoms with Crippen molar-refractivity contribution in [3.63, 3.8) is 0 Å². The molecule has 1 aromatic heterocycles. The van der Waals surface area contributed by atoms with Crippen LogP contribution in [0.1, 0.15) is 36.7 Å². The monoisotopic (exact) mass is 385 g/mol. The van der Waals surface area contributed by atoms with Gasteiger partial charge < -0.3 is 15.2 Å². The van der Waals surface area contributed by atoms with Gasteiger partial charge in [-0.2, -0.15) is 0 Å². The quantitative estimate of drug-likeness (QED) is 0.569. The van der Waals surface area contributed by atoms with Crippen molar-refractivity contribution in [1.82, 2.24) is 20.1 Å². The Morgan fingerprint density at radius 2 is 2.46 bits per heavy atom. The van der Waals surface area contributed by atoms with Gasteiger partial charge in [0.25, 0.3) is 0 Å². The molecular formula is C23H32N4O. The summed E-state index contributed by atoms with van der Waals surface area (Å²) in [6.07, 6.45) is 3.98. The van der Waals surface area contributed by atoms with Crippen molar-refractivity contribution in [2.75, 3.05) is 40.2 Å². The first-order valence-electron chi connectivity index (χ1n) is 12.5. The average molecular weight is 386 g/mol. The summed E-state index contributed by atoms with van der Waals surface area (Å²) in [5, 5.41) is 4.16. The summed E-state index contributed by atoms with van der Waals surface area (Å²) in [6, 6.07) is 5.12. The van der Waals surface area contributed by atoms with E-state index in [-0.39, 0.29) is 24.4 Å². The van der Waals surface area contributed by atoms with Gasteiger partial charge in [0.05, 0.1) is 10.0 Å². The molecule has 3 atom stereocenters. The Morgan fingerprint density at radius 3 is 3.29 bits per heavy atom. The fraction of sp³-hybridized carbons (Fsp3) is 0.522. The van der Waals surface area contributed by atoms with E-state index in [2.05, 4.69) is 21.3 Å². The first-order chi connectivity index (χ1) is 15.6. The summed E-state index contributed by atoms with van der Waals surface area (Å²) >= 11 is 0. The predicted octanol–water partition coefficient (Wildman–Crippen LogP) is 2.75. The van der Waals surface area contributed by atoms with E-state index >= 15 is 0 Å². The molecule has 150 valence electrons. The molecular weight excluding hydrogens is 348 g/mol. The van der Waals surface area contributed by atoms with Gasteiger partial charge in [-0.15, -0.1) is 6.53 Å². The van der Waals surface area contributed by atoms with Crippen molar-refractivity contribution in [3.8, 4) is 0 Å².